The van der Waals surface area contributed by atoms with Crippen LogP contribution >= 0.6 is 0 Å². The Morgan fingerprint density at radius 2 is 1.94 bits per heavy atom. The fraction of sp³-hybridized carbons (Fsp3) is 0.261. The largest absolute Gasteiger partial charge is 0.505 e. The van der Waals surface area contributed by atoms with Crippen molar-refractivity contribution >= 4 is 22.6 Å². The van der Waals surface area contributed by atoms with Gasteiger partial charge in [-0.05, 0) is 24.5 Å². The van der Waals surface area contributed by atoms with Crippen molar-refractivity contribution in [3.63, 3.8) is 0 Å². The molecule has 1 fully saturated rings. The number of carboxylic acid groups (broad SMARTS) is 1. The summed E-state index contributed by atoms with van der Waals surface area (Å²) in [7, 11) is 0. The molecule has 9 nitrogen and oxygen atoms in total. The summed E-state index contributed by atoms with van der Waals surface area (Å²) in [4.78, 5) is 41.1. The van der Waals surface area contributed by atoms with E-state index in [1.54, 1.807) is 0 Å². The van der Waals surface area contributed by atoms with Gasteiger partial charge in [0.1, 0.15) is 6.07 Å². The van der Waals surface area contributed by atoms with Crippen LogP contribution in [0.25, 0.3) is 10.8 Å². The fourth-order valence-electron chi connectivity index (χ4n) is 3.90. The van der Waals surface area contributed by atoms with E-state index in [2.05, 4.69) is 10.3 Å². The molecule has 0 saturated heterocycles. The molecule has 3 N–H and O–H groups in total. The maximum atomic E-state index is 13.0. The van der Waals surface area contributed by atoms with Gasteiger partial charge in [-0.3, -0.25) is 14.4 Å². The molecule has 0 bridgehead atoms. The van der Waals surface area contributed by atoms with E-state index < -0.39 is 34.3 Å². The van der Waals surface area contributed by atoms with Gasteiger partial charge in [0.15, 0.2) is 17.1 Å². The van der Waals surface area contributed by atoms with E-state index in [4.69, 9.17) is 0 Å². The fourth-order valence-corrected chi connectivity index (χ4v) is 3.90. The highest BCUT2D eigenvalue weighted by Gasteiger charge is 2.44. The minimum atomic E-state index is -1.02. The maximum Gasteiger partial charge on any atom is 0.311 e. The zero-order chi connectivity index (χ0) is 22.9. The number of nitrogens with one attached hydrogen (secondary N) is 1. The Hall–Kier alpha value is -4.19. The number of rotatable bonds is 6. The van der Waals surface area contributed by atoms with E-state index in [1.165, 1.54) is 16.8 Å². The number of nitrogens with zero attached hydrogens (tertiary/aromatic N) is 3. The molecule has 0 radical (unpaired) electrons. The molecule has 2 aromatic heterocycles. The monoisotopic (exact) mass is 432 g/mol. The number of nitriles is 1. The van der Waals surface area contributed by atoms with E-state index in [1.807, 2.05) is 36.4 Å². The number of benzene rings is 1. The zero-order valence-electron chi connectivity index (χ0n) is 17.0. The van der Waals surface area contributed by atoms with Gasteiger partial charge in [0.2, 0.25) is 0 Å². The summed E-state index contributed by atoms with van der Waals surface area (Å²) in [5, 5.41) is 32.1. The lowest BCUT2D eigenvalue weighted by Crippen LogP contribution is -2.47. The number of carbonyl (C=O) groups excluding carboxylic acids is 1. The zero-order valence-corrected chi connectivity index (χ0v) is 17.0. The Kier molecular flexibility index (Phi) is 5.36. The normalized spacial score (nSPS) is 14.3. The van der Waals surface area contributed by atoms with Gasteiger partial charge >= 0.3 is 5.97 Å². The van der Waals surface area contributed by atoms with Crippen molar-refractivity contribution < 1.29 is 19.8 Å². The standard InChI is InChI=1S/C23H20N4O5/c24-11-16-17-15(7-10-27(21(17)30)12-14-5-2-1-3-6-14)19(28)18(26-16)20(29)25-13-23(22(31)32)8-4-9-23/h1-3,5-7,10,28H,4,8-9,12-13H2,(H,25,29)(H,31,32). The molecular formula is C23H20N4O5. The minimum absolute atomic E-state index is 0.0348. The average molecular weight is 432 g/mol. The summed E-state index contributed by atoms with van der Waals surface area (Å²) in [6.45, 7) is 0.154. The molecule has 2 heterocycles. The Balaban J connectivity index is 1.70. The van der Waals surface area contributed by atoms with Crippen LogP contribution in [-0.4, -0.2) is 38.2 Å². The molecule has 0 spiro atoms. The number of hydrogen-bond acceptors (Lipinski definition) is 6. The molecule has 0 atom stereocenters. The third-order valence-corrected chi connectivity index (χ3v) is 5.97. The molecule has 32 heavy (non-hydrogen) atoms. The van der Waals surface area contributed by atoms with Crippen LogP contribution in [0.5, 0.6) is 5.75 Å². The van der Waals surface area contributed by atoms with Gasteiger partial charge in [0.05, 0.1) is 17.3 Å². The van der Waals surface area contributed by atoms with Gasteiger partial charge in [0.25, 0.3) is 11.5 Å². The van der Waals surface area contributed by atoms with Crippen LogP contribution in [0.1, 0.15) is 41.0 Å². The highest BCUT2D eigenvalue weighted by molar-refractivity contribution is 6.02. The quantitative estimate of drug-likeness (QED) is 0.540. The van der Waals surface area contributed by atoms with Crippen molar-refractivity contribution in [3.05, 3.63) is 69.9 Å². The van der Waals surface area contributed by atoms with Crippen LogP contribution < -0.4 is 10.9 Å². The highest BCUT2D eigenvalue weighted by Crippen LogP contribution is 2.40. The Bertz CT molecular complexity index is 1320. The van der Waals surface area contributed by atoms with Crippen molar-refractivity contribution in [3.8, 4) is 11.8 Å². The van der Waals surface area contributed by atoms with Crippen LogP contribution in [-0.2, 0) is 11.3 Å². The SMILES string of the molecule is N#Cc1nc(C(=O)NCC2(C(=O)O)CCC2)c(O)c2ccn(Cc3ccccc3)c(=O)c12. The summed E-state index contributed by atoms with van der Waals surface area (Å²) in [5.41, 5.74) is -1.37. The molecule has 1 aromatic carbocycles. The summed E-state index contributed by atoms with van der Waals surface area (Å²) in [5.74, 6) is -2.32. The smallest absolute Gasteiger partial charge is 0.311 e. The van der Waals surface area contributed by atoms with Crippen molar-refractivity contribution in [2.24, 2.45) is 5.41 Å². The molecule has 0 unspecified atom stereocenters. The first-order chi connectivity index (χ1) is 15.4. The third kappa shape index (κ3) is 3.56. The Morgan fingerprint density at radius 1 is 1.22 bits per heavy atom. The van der Waals surface area contributed by atoms with Crippen LogP contribution in [0.4, 0.5) is 0 Å². The van der Waals surface area contributed by atoms with Gasteiger partial charge in [-0.2, -0.15) is 5.26 Å². The molecule has 1 aliphatic rings. The molecule has 1 saturated carbocycles. The Labute approximate surface area is 182 Å². The molecule has 9 heteroatoms. The van der Waals surface area contributed by atoms with Gasteiger partial charge in [-0.25, -0.2) is 4.98 Å². The molecule has 1 aliphatic carbocycles. The number of aromatic hydroxyl groups is 1. The second-order valence-electron chi connectivity index (χ2n) is 7.91. The summed E-state index contributed by atoms with van der Waals surface area (Å²) >= 11 is 0. The number of carbonyl (C=O) groups is 2. The number of aliphatic carboxylic acids is 1. The van der Waals surface area contributed by atoms with Gasteiger partial charge < -0.3 is 20.1 Å². The van der Waals surface area contributed by atoms with Gasteiger partial charge in [-0.15, -0.1) is 0 Å². The van der Waals surface area contributed by atoms with Crippen LogP contribution in [0.3, 0.4) is 0 Å². The van der Waals surface area contributed by atoms with Crippen molar-refractivity contribution in [1.82, 2.24) is 14.9 Å². The molecule has 0 aliphatic heterocycles. The van der Waals surface area contributed by atoms with Crippen LogP contribution in [0.15, 0.2) is 47.4 Å². The maximum absolute atomic E-state index is 13.0. The number of pyridine rings is 2. The number of hydrogen-bond donors (Lipinski definition) is 3. The second kappa shape index (κ2) is 8.15. The first-order valence-corrected chi connectivity index (χ1v) is 10.1. The lowest BCUT2D eigenvalue weighted by molar-refractivity contribution is -0.153. The molecule has 1 amide bonds. The predicted molar refractivity (Wildman–Crippen MR) is 114 cm³/mol. The van der Waals surface area contributed by atoms with Crippen LogP contribution in [0, 0.1) is 16.7 Å². The topological polar surface area (TPSA) is 145 Å². The first-order valence-electron chi connectivity index (χ1n) is 10.1. The van der Waals surface area contributed by atoms with Crippen molar-refractivity contribution in [2.45, 2.75) is 25.8 Å². The van der Waals surface area contributed by atoms with E-state index in [-0.39, 0.29) is 29.6 Å². The third-order valence-electron chi connectivity index (χ3n) is 5.97. The number of aromatic nitrogens is 2. The minimum Gasteiger partial charge on any atom is -0.505 e. The van der Waals surface area contributed by atoms with Crippen molar-refractivity contribution in [2.75, 3.05) is 6.54 Å². The molecule has 162 valence electrons. The summed E-state index contributed by atoms with van der Waals surface area (Å²) in [6, 6.07) is 12.6. The van der Waals surface area contributed by atoms with Gasteiger partial charge in [0, 0.05) is 18.1 Å². The lowest BCUT2D eigenvalue weighted by Gasteiger charge is -2.37. The van der Waals surface area contributed by atoms with Crippen LogP contribution in [0.2, 0.25) is 0 Å². The van der Waals surface area contributed by atoms with E-state index in [0.29, 0.717) is 12.8 Å². The number of carboxylic acids is 1. The van der Waals surface area contributed by atoms with Gasteiger partial charge in [-0.1, -0.05) is 36.8 Å². The lowest BCUT2D eigenvalue weighted by atomic mass is 9.69. The summed E-state index contributed by atoms with van der Waals surface area (Å²) < 4.78 is 1.40. The molecule has 3 aromatic rings. The van der Waals surface area contributed by atoms with Crippen molar-refractivity contribution in [1.29, 1.82) is 5.26 Å². The number of fused-ring (bicyclic) bond motifs is 1. The first kappa shape index (κ1) is 21.1. The number of amides is 1. The second-order valence-corrected chi connectivity index (χ2v) is 7.91. The van der Waals surface area contributed by atoms with E-state index in [0.717, 1.165) is 12.0 Å². The predicted octanol–water partition coefficient (Wildman–Crippen LogP) is 2.01. The van der Waals surface area contributed by atoms with E-state index in [9.17, 15) is 29.9 Å². The molecular weight excluding hydrogens is 412 g/mol. The van der Waals surface area contributed by atoms with E-state index >= 15 is 0 Å². The summed E-state index contributed by atoms with van der Waals surface area (Å²) in [6.07, 6.45) is 3.14. The molecule has 4 rings (SSSR count). The average Bonchev–Trinajstić information content (AvgIpc) is 2.75. The Morgan fingerprint density at radius 3 is 2.53 bits per heavy atom. The highest BCUT2D eigenvalue weighted by atomic mass is 16.4.